The Morgan fingerprint density at radius 2 is 2.24 bits per heavy atom. The Kier molecular flexibility index (Phi) is 4.29. The van der Waals surface area contributed by atoms with E-state index in [9.17, 15) is 9.18 Å². The Balaban J connectivity index is 2.32. The second-order valence-corrected chi connectivity index (χ2v) is 5.93. The van der Waals surface area contributed by atoms with E-state index in [2.05, 4.69) is 10.6 Å². The van der Waals surface area contributed by atoms with Crippen LogP contribution in [0.4, 0.5) is 10.1 Å². The summed E-state index contributed by atoms with van der Waals surface area (Å²) in [5, 5.41) is 15.0. The van der Waals surface area contributed by atoms with Gasteiger partial charge in [0.05, 0.1) is 17.0 Å². The molecule has 1 atom stereocenters. The van der Waals surface area contributed by atoms with Crippen molar-refractivity contribution in [3.8, 4) is 6.07 Å². The number of anilines is 1. The minimum absolute atomic E-state index is 0.111. The lowest BCUT2D eigenvalue weighted by molar-refractivity contribution is -0.126. The predicted molar refractivity (Wildman–Crippen MR) is 79.2 cm³/mol. The van der Waals surface area contributed by atoms with Gasteiger partial charge in [-0.05, 0) is 37.9 Å². The number of carbonyl (C=O) groups excluding carboxylic acids is 1. The van der Waals surface area contributed by atoms with E-state index in [0.717, 1.165) is 13.0 Å². The second-order valence-electron chi connectivity index (χ2n) is 5.93. The molecule has 5 heteroatoms. The number of hydrogen-bond acceptors (Lipinski definition) is 3. The van der Waals surface area contributed by atoms with Crippen LogP contribution in [0.25, 0.3) is 0 Å². The molecule has 1 aromatic rings. The zero-order valence-electron chi connectivity index (χ0n) is 12.6. The van der Waals surface area contributed by atoms with E-state index in [1.54, 1.807) is 6.92 Å². The van der Waals surface area contributed by atoms with Gasteiger partial charge in [-0.2, -0.15) is 5.26 Å². The van der Waals surface area contributed by atoms with Gasteiger partial charge in [-0.3, -0.25) is 4.79 Å². The van der Waals surface area contributed by atoms with Crippen molar-refractivity contribution in [2.75, 3.05) is 18.4 Å². The minimum Gasteiger partial charge on any atom is -0.325 e. The van der Waals surface area contributed by atoms with Crippen molar-refractivity contribution in [3.05, 3.63) is 29.1 Å². The quantitative estimate of drug-likeness (QED) is 0.899. The van der Waals surface area contributed by atoms with Crippen LogP contribution >= 0.6 is 0 Å². The van der Waals surface area contributed by atoms with Crippen LogP contribution in [0.15, 0.2) is 12.1 Å². The fraction of sp³-hybridized carbons (Fsp3) is 0.500. The van der Waals surface area contributed by atoms with E-state index in [1.807, 2.05) is 19.9 Å². The van der Waals surface area contributed by atoms with Crippen molar-refractivity contribution in [2.24, 2.45) is 11.3 Å². The van der Waals surface area contributed by atoms with E-state index >= 15 is 0 Å². The molecule has 21 heavy (non-hydrogen) atoms. The van der Waals surface area contributed by atoms with E-state index in [-0.39, 0.29) is 17.4 Å². The van der Waals surface area contributed by atoms with Gasteiger partial charge in [0.25, 0.3) is 0 Å². The molecule has 0 saturated carbocycles. The Labute approximate surface area is 124 Å². The van der Waals surface area contributed by atoms with Gasteiger partial charge < -0.3 is 10.6 Å². The van der Waals surface area contributed by atoms with Crippen molar-refractivity contribution >= 4 is 11.6 Å². The molecule has 0 spiro atoms. The lowest BCUT2D eigenvalue weighted by Crippen LogP contribution is -2.42. The summed E-state index contributed by atoms with van der Waals surface area (Å²) in [5.41, 5.74) is 0.457. The van der Waals surface area contributed by atoms with Crippen LogP contribution in [-0.4, -0.2) is 19.0 Å². The van der Waals surface area contributed by atoms with Gasteiger partial charge in [0.1, 0.15) is 5.82 Å². The van der Waals surface area contributed by atoms with Crippen molar-refractivity contribution in [1.82, 2.24) is 5.32 Å². The molecule has 0 bridgehead atoms. The number of benzene rings is 1. The highest BCUT2D eigenvalue weighted by Crippen LogP contribution is 2.36. The molecule has 2 rings (SSSR count). The van der Waals surface area contributed by atoms with Crippen LogP contribution in [0.3, 0.4) is 0 Å². The largest absolute Gasteiger partial charge is 0.325 e. The first-order valence-corrected chi connectivity index (χ1v) is 7.13. The third kappa shape index (κ3) is 2.77. The van der Waals surface area contributed by atoms with Crippen LogP contribution in [0.1, 0.15) is 31.4 Å². The maximum absolute atomic E-state index is 13.8. The maximum Gasteiger partial charge on any atom is 0.232 e. The zero-order valence-corrected chi connectivity index (χ0v) is 12.6. The minimum atomic E-state index is -0.481. The Bertz CT molecular complexity index is 598. The lowest BCUT2D eigenvalue weighted by Gasteiger charge is -2.31. The summed E-state index contributed by atoms with van der Waals surface area (Å²) in [6, 6.07) is 4.61. The van der Waals surface area contributed by atoms with Crippen LogP contribution < -0.4 is 10.6 Å². The second kappa shape index (κ2) is 5.82. The number of carbonyl (C=O) groups is 1. The summed E-state index contributed by atoms with van der Waals surface area (Å²) in [7, 11) is 0. The summed E-state index contributed by atoms with van der Waals surface area (Å²) in [5.74, 6) is -0.413. The summed E-state index contributed by atoms with van der Waals surface area (Å²) in [4.78, 5) is 12.7. The van der Waals surface area contributed by atoms with Gasteiger partial charge in [0.15, 0.2) is 0 Å². The Morgan fingerprint density at radius 1 is 1.52 bits per heavy atom. The first kappa shape index (κ1) is 15.5. The first-order chi connectivity index (χ1) is 9.90. The lowest BCUT2D eigenvalue weighted by atomic mass is 9.75. The Morgan fingerprint density at radius 3 is 2.76 bits per heavy atom. The van der Waals surface area contributed by atoms with Gasteiger partial charge in [0, 0.05) is 17.8 Å². The van der Waals surface area contributed by atoms with Crippen LogP contribution in [0.5, 0.6) is 0 Å². The summed E-state index contributed by atoms with van der Waals surface area (Å²) >= 11 is 0. The standard InChI is InChI=1S/C16H20FN3O/c1-10(2)16(4-5-19-9-16)15(21)20-14-7-12(8-18)6-13(17)11(14)3/h6-7,10,19H,4-5,9H2,1-3H3,(H,20,21). The number of nitriles is 1. The molecule has 1 saturated heterocycles. The van der Waals surface area contributed by atoms with Crippen LogP contribution in [-0.2, 0) is 4.79 Å². The fourth-order valence-corrected chi connectivity index (χ4v) is 2.78. The highest BCUT2D eigenvalue weighted by atomic mass is 19.1. The number of halogens is 1. The molecule has 1 aromatic carbocycles. The molecule has 4 nitrogen and oxygen atoms in total. The van der Waals surface area contributed by atoms with Crippen LogP contribution in [0.2, 0.25) is 0 Å². The predicted octanol–water partition coefficient (Wildman–Crippen LogP) is 2.58. The third-order valence-electron chi connectivity index (χ3n) is 4.47. The summed E-state index contributed by atoms with van der Waals surface area (Å²) in [6.07, 6.45) is 0.760. The number of nitrogens with one attached hydrogen (secondary N) is 2. The average Bonchev–Trinajstić information content (AvgIpc) is 2.94. The van der Waals surface area contributed by atoms with E-state index in [0.29, 0.717) is 17.8 Å². The molecule has 1 fully saturated rings. The topological polar surface area (TPSA) is 64.9 Å². The van der Waals surface area contributed by atoms with E-state index < -0.39 is 11.2 Å². The molecule has 1 heterocycles. The molecule has 0 aromatic heterocycles. The van der Waals surface area contributed by atoms with Gasteiger partial charge in [-0.15, -0.1) is 0 Å². The van der Waals surface area contributed by atoms with Crippen molar-refractivity contribution < 1.29 is 9.18 Å². The fourth-order valence-electron chi connectivity index (χ4n) is 2.78. The molecule has 1 unspecified atom stereocenters. The monoisotopic (exact) mass is 289 g/mol. The van der Waals surface area contributed by atoms with E-state index in [1.165, 1.54) is 12.1 Å². The molecular weight excluding hydrogens is 269 g/mol. The maximum atomic E-state index is 13.8. The zero-order chi connectivity index (χ0) is 15.6. The highest BCUT2D eigenvalue weighted by Gasteiger charge is 2.44. The molecule has 2 N–H and O–H groups in total. The molecular formula is C16H20FN3O. The summed E-state index contributed by atoms with van der Waals surface area (Å²) < 4.78 is 13.8. The smallest absolute Gasteiger partial charge is 0.232 e. The van der Waals surface area contributed by atoms with Gasteiger partial charge in [0.2, 0.25) is 5.91 Å². The van der Waals surface area contributed by atoms with E-state index in [4.69, 9.17) is 5.26 Å². The number of rotatable bonds is 3. The molecule has 1 amide bonds. The molecule has 0 radical (unpaired) electrons. The van der Waals surface area contributed by atoms with Crippen molar-refractivity contribution in [3.63, 3.8) is 0 Å². The Hall–Kier alpha value is -1.93. The normalized spacial score (nSPS) is 21.3. The van der Waals surface area contributed by atoms with Crippen molar-refractivity contribution in [1.29, 1.82) is 5.26 Å². The molecule has 112 valence electrons. The van der Waals surface area contributed by atoms with Crippen LogP contribution in [0, 0.1) is 35.4 Å². The first-order valence-electron chi connectivity index (χ1n) is 7.13. The van der Waals surface area contributed by atoms with Gasteiger partial charge >= 0.3 is 0 Å². The molecule has 1 aliphatic rings. The van der Waals surface area contributed by atoms with Crippen molar-refractivity contribution in [2.45, 2.75) is 27.2 Å². The third-order valence-corrected chi connectivity index (χ3v) is 4.47. The highest BCUT2D eigenvalue weighted by molar-refractivity contribution is 5.96. The average molecular weight is 289 g/mol. The van der Waals surface area contributed by atoms with Gasteiger partial charge in [-0.1, -0.05) is 13.8 Å². The van der Waals surface area contributed by atoms with Gasteiger partial charge in [-0.25, -0.2) is 4.39 Å². The molecule has 1 aliphatic heterocycles. The number of amides is 1. The number of hydrogen-bond donors (Lipinski definition) is 2. The SMILES string of the molecule is Cc1c(F)cc(C#N)cc1NC(=O)C1(C(C)C)CCNC1. The molecule has 0 aliphatic carbocycles. The number of nitrogens with zero attached hydrogens (tertiary/aromatic N) is 1. The summed E-state index contributed by atoms with van der Waals surface area (Å²) in [6.45, 7) is 7.06.